The van der Waals surface area contributed by atoms with Gasteiger partial charge >= 0.3 is 5.97 Å². The van der Waals surface area contributed by atoms with Crippen LogP contribution in [-0.4, -0.2) is 28.9 Å². The summed E-state index contributed by atoms with van der Waals surface area (Å²) in [7, 11) is 0. The van der Waals surface area contributed by atoms with Crippen molar-refractivity contribution in [2.24, 2.45) is 22.7 Å². The summed E-state index contributed by atoms with van der Waals surface area (Å²) in [5.74, 6) is -1.19. The SMILES string of the molecule is CCC1=NO[C@H]2[C@@H](N)[C@H](C(=O)O)C[C@@H]12. The summed E-state index contributed by atoms with van der Waals surface area (Å²) >= 11 is 0. The number of fused-ring (bicyclic) bond motifs is 1. The minimum absolute atomic E-state index is 0.121. The molecule has 0 spiro atoms. The second kappa shape index (κ2) is 3.24. The normalized spacial score (nSPS) is 40.3. The van der Waals surface area contributed by atoms with Crippen molar-refractivity contribution in [1.29, 1.82) is 0 Å². The molecule has 0 amide bonds. The average Bonchev–Trinajstić information content (AvgIpc) is 2.66. The Labute approximate surface area is 81.9 Å². The number of aliphatic carboxylic acids is 1. The van der Waals surface area contributed by atoms with E-state index in [-0.39, 0.29) is 12.0 Å². The van der Waals surface area contributed by atoms with Crippen LogP contribution in [-0.2, 0) is 9.63 Å². The molecule has 0 aromatic carbocycles. The zero-order chi connectivity index (χ0) is 10.3. The number of carbonyl (C=O) groups is 1. The topological polar surface area (TPSA) is 84.9 Å². The lowest BCUT2D eigenvalue weighted by Crippen LogP contribution is -2.39. The highest BCUT2D eigenvalue weighted by Crippen LogP contribution is 2.38. The zero-order valence-corrected chi connectivity index (χ0v) is 8.01. The summed E-state index contributed by atoms with van der Waals surface area (Å²) in [6.07, 6.45) is 1.15. The molecule has 14 heavy (non-hydrogen) atoms. The van der Waals surface area contributed by atoms with Crippen molar-refractivity contribution in [3.8, 4) is 0 Å². The van der Waals surface area contributed by atoms with Crippen LogP contribution in [0, 0.1) is 11.8 Å². The lowest BCUT2D eigenvalue weighted by Gasteiger charge is -2.14. The zero-order valence-electron chi connectivity index (χ0n) is 8.01. The molecule has 1 saturated carbocycles. The van der Waals surface area contributed by atoms with E-state index in [4.69, 9.17) is 15.7 Å². The van der Waals surface area contributed by atoms with Gasteiger partial charge in [-0.2, -0.15) is 0 Å². The van der Waals surface area contributed by atoms with Gasteiger partial charge in [0.05, 0.1) is 17.7 Å². The van der Waals surface area contributed by atoms with Crippen LogP contribution in [0.1, 0.15) is 19.8 Å². The highest BCUT2D eigenvalue weighted by molar-refractivity contribution is 5.89. The van der Waals surface area contributed by atoms with Crippen LogP contribution in [0.15, 0.2) is 5.16 Å². The molecule has 3 N–H and O–H groups in total. The van der Waals surface area contributed by atoms with Crippen LogP contribution in [0.3, 0.4) is 0 Å². The number of carboxylic acids is 1. The molecule has 0 saturated heterocycles. The highest BCUT2D eigenvalue weighted by Gasteiger charge is 2.50. The summed E-state index contributed by atoms with van der Waals surface area (Å²) < 4.78 is 0. The molecule has 4 atom stereocenters. The van der Waals surface area contributed by atoms with E-state index in [2.05, 4.69) is 5.16 Å². The van der Waals surface area contributed by atoms with Gasteiger partial charge in [0.1, 0.15) is 0 Å². The summed E-state index contributed by atoms with van der Waals surface area (Å²) in [5.41, 5.74) is 6.76. The Hall–Kier alpha value is -1.10. The first-order chi connectivity index (χ1) is 6.65. The molecule has 2 rings (SSSR count). The molecule has 1 heterocycles. The van der Waals surface area contributed by atoms with E-state index in [1.165, 1.54) is 0 Å². The van der Waals surface area contributed by atoms with Gasteiger partial charge in [0, 0.05) is 5.92 Å². The molecule has 2 aliphatic rings. The summed E-state index contributed by atoms with van der Waals surface area (Å²) in [6, 6.07) is -0.426. The van der Waals surface area contributed by atoms with Crippen molar-refractivity contribution in [3.05, 3.63) is 0 Å². The van der Waals surface area contributed by atoms with Crippen molar-refractivity contribution >= 4 is 11.7 Å². The van der Waals surface area contributed by atoms with E-state index in [1.54, 1.807) is 0 Å². The third-order valence-electron chi connectivity index (χ3n) is 3.15. The first kappa shape index (κ1) is 9.45. The van der Waals surface area contributed by atoms with Gasteiger partial charge in [0.25, 0.3) is 0 Å². The number of hydrogen-bond donors (Lipinski definition) is 2. The summed E-state index contributed by atoms with van der Waals surface area (Å²) in [5, 5.41) is 12.8. The van der Waals surface area contributed by atoms with Crippen LogP contribution in [0.5, 0.6) is 0 Å². The van der Waals surface area contributed by atoms with Gasteiger partial charge in [-0.15, -0.1) is 0 Å². The largest absolute Gasteiger partial charge is 0.481 e. The molecule has 1 fully saturated rings. The Balaban J connectivity index is 2.15. The van der Waals surface area contributed by atoms with Gasteiger partial charge in [0.15, 0.2) is 6.10 Å². The van der Waals surface area contributed by atoms with Gasteiger partial charge in [-0.05, 0) is 12.8 Å². The molecule has 78 valence electrons. The molecule has 5 nitrogen and oxygen atoms in total. The smallest absolute Gasteiger partial charge is 0.308 e. The molecule has 0 aromatic rings. The Morgan fingerprint density at radius 2 is 2.50 bits per heavy atom. The number of carboxylic acid groups (broad SMARTS) is 1. The van der Waals surface area contributed by atoms with Crippen molar-refractivity contribution in [3.63, 3.8) is 0 Å². The van der Waals surface area contributed by atoms with Crippen LogP contribution in [0.25, 0.3) is 0 Å². The van der Waals surface area contributed by atoms with Crippen LogP contribution in [0.4, 0.5) is 0 Å². The van der Waals surface area contributed by atoms with E-state index < -0.39 is 17.9 Å². The molecular formula is C9H14N2O3. The quantitative estimate of drug-likeness (QED) is 0.663. The molecule has 0 aromatic heterocycles. The third-order valence-corrected chi connectivity index (χ3v) is 3.15. The molecule has 1 aliphatic heterocycles. The Bertz CT molecular complexity index is 290. The van der Waals surface area contributed by atoms with E-state index >= 15 is 0 Å². The molecule has 0 bridgehead atoms. The van der Waals surface area contributed by atoms with Gasteiger partial charge in [-0.25, -0.2) is 0 Å². The van der Waals surface area contributed by atoms with Gasteiger partial charge in [0.2, 0.25) is 0 Å². The number of nitrogens with zero attached hydrogens (tertiary/aromatic N) is 1. The monoisotopic (exact) mass is 198 g/mol. The van der Waals surface area contributed by atoms with Gasteiger partial charge < -0.3 is 15.7 Å². The van der Waals surface area contributed by atoms with Crippen molar-refractivity contribution in [2.75, 3.05) is 0 Å². The van der Waals surface area contributed by atoms with E-state index in [0.717, 1.165) is 12.1 Å². The van der Waals surface area contributed by atoms with Crippen LogP contribution >= 0.6 is 0 Å². The first-order valence-corrected chi connectivity index (χ1v) is 4.86. The minimum Gasteiger partial charge on any atom is -0.481 e. The number of oxime groups is 1. The second-order valence-electron chi connectivity index (χ2n) is 3.87. The van der Waals surface area contributed by atoms with Crippen molar-refractivity contribution in [2.45, 2.75) is 31.9 Å². The lowest BCUT2D eigenvalue weighted by molar-refractivity contribution is -0.142. The first-order valence-electron chi connectivity index (χ1n) is 4.86. The van der Waals surface area contributed by atoms with Gasteiger partial charge in [-0.1, -0.05) is 12.1 Å². The highest BCUT2D eigenvalue weighted by atomic mass is 16.6. The van der Waals surface area contributed by atoms with Gasteiger partial charge in [-0.3, -0.25) is 4.79 Å². The summed E-state index contributed by atoms with van der Waals surface area (Å²) in [6.45, 7) is 1.99. The van der Waals surface area contributed by atoms with Crippen molar-refractivity contribution < 1.29 is 14.7 Å². The molecular weight excluding hydrogens is 184 g/mol. The lowest BCUT2D eigenvalue weighted by atomic mass is 9.97. The third kappa shape index (κ3) is 1.19. The fourth-order valence-corrected chi connectivity index (χ4v) is 2.32. The molecule has 0 unspecified atom stereocenters. The predicted octanol–water partition coefficient (Wildman–Crippen LogP) is 0.199. The predicted molar refractivity (Wildman–Crippen MR) is 49.8 cm³/mol. The maximum atomic E-state index is 10.9. The average molecular weight is 198 g/mol. The Kier molecular flexibility index (Phi) is 2.19. The van der Waals surface area contributed by atoms with E-state index in [0.29, 0.717) is 6.42 Å². The Morgan fingerprint density at radius 3 is 3.07 bits per heavy atom. The standard InChI is InChI=1S/C9H14N2O3/c1-2-6-4-3-5(9(12)13)7(10)8(4)14-11-6/h4-5,7-8H,2-3,10H2,1H3,(H,12,13)/t4-,5+,7-,8+/m0/s1. The van der Waals surface area contributed by atoms with E-state index in [1.807, 2.05) is 6.92 Å². The summed E-state index contributed by atoms with van der Waals surface area (Å²) in [4.78, 5) is 16.0. The fourth-order valence-electron chi connectivity index (χ4n) is 2.32. The number of nitrogens with two attached hydrogens (primary N) is 1. The Morgan fingerprint density at radius 1 is 1.79 bits per heavy atom. The number of hydrogen-bond acceptors (Lipinski definition) is 4. The molecule has 1 aliphatic carbocycles. The van der Waals surface area contributed by atoms with Crippen LogP contribution < -0.4 is 5.73 Å². The van der Waals surface area contributed by atoms with Crippen molar-refractivity contribution in [1.82, 2.24) is 0 Å². The van der Waals surface area contributed by atoms with E-state index in [9.17, 15) is 4.79 Å². The maximum absolute atomic E-state index is 10.9. The maximum Gasteiger partial charge on any atom is 0.308 e. The number of rotatable bonds is 2. The fraction of sp³-hybridized carbons (Fsp3) is 0.778. The second-order valence-corrected chi connectivity index (χ2v) is 3.87. The van der Waals surface area contributed by atoms with Crippen LogP contribution in [0.2, 0.25) is 0 Å². The molecule has 5 heteroatoms. The minimum atomic E-state index is -0.828. The molecule has 0 radical (unpaired) electrons.